The zero-order valence-corrected chi connectivity index (χ0v) is 15.1. The molecule has 1 saturated heterocycles. The molecule has 2 heterocycles. The molecule has 1 aromatic heterocycles. The second-order valence-corrected chi connectivity index (χ2v) is 6.36. The quantitative estimate of drug-likeness (QED) is 0.756. The van der Waals surface area contributed by atoms with Crippen LogP contribution in [0.5, 0.6) is 11.5 Å². The normalized spacial score (nSPS) is 17.2. The van der Waals surface area contributed by atoms with Gasteiger partial charge >= 0.3 is 0 Å². The van der Waals surface area contributed by atoms with Gasteiger partial charge in [0.25, 0.3) is 5.91 Å². The summed E-state index contributed by atoms with van der Waals surface area (Å²) < 4.78 is 21.3. The van der Waals surface area contributed by atoms with Gasteiger partial charge in [-0.15, -0.1) is 0 Å². The summed E-state index contributed by atoms with van der Waals surface area (Å²) in [5.41, 5.74) is 0.312. The third-order valence-electron chi connectivity index (χ3n) is 4.41. The number of piperidine rings is 1. The highest BCUT2D eigenvalue weighted by Gasteiger charge is 2.26. The van der Waals surface area contributed by atoms with Crippen LogP contribution in [0.25, 0.3) is 0 Å². The molecule has 1 fully saturated rings. The van der Waals surface area contributed by atoms with Crippen LogP contribution in [-0.4, -0.2) is 49.9 Å². The topological polar surface area (TPSA) is 74.0 Å². The van der Waals surface area contributed by atoms with Crippen LogP contribution in [0.15, 0.2) is 34.9 Å². The summed E-state index contributed by atoms with van der Waals surface area (Å²) in [5.74, 6) is 2.14. The average Bonchev–Trinajstić information content (AvgIpc) is 3.15. The number of hydrogen-bond acceptors (Lipinski definition) is 6. The van der Waals surface area contributed by atoms with Gasteiger partial charge in [-0.2, -0.15) is 0 Å². The summed E-state index contributed by atoms with van der Waals surface area (Å²) in [5, 5.41) is 3.91. The smallest absolute Gasteiger partial charge is 0.276 e. The van der Waals surface area contributed by atoms with Crippen LogP contribution in [-0.2, 0) is 11.3 Å². The zero-order chi connectivity index (χ0) is 18.4. The average molecular weight is 360 g/mol. The zero-order valence-electron chi connectivity index (χ0n) is 15.1. The van der Waals surface area contributed by atoms with E-state index in [-0.39, 0.29) is 12.5 Å². The van der Waals surface area contributed by atoms with Crippen molar-refractivity contribution >= 4 is 5.91 Å². The third-order valence-corrected chi connectivity index (χ3v) is 4.41. The highest BCUT2D eigenvalue weighted by molar-refractivity contribution is 5.92. The van der Waals surface area contributed by atoms with Crippen LogP contribution in [0, 0.1) is 5.92 Å². The summed E-state index contributed by atoms with van der Waals surface area (Å²) >= 11 is 0. The lowest BCUT2D eigenvalue weighted by atomic mass is 9.99. The number of methoxy groups -OCH3 is 2. The molecule has 3 rings (SSSR count). The first kappa shape index (κ1) is 18.3. The van der Waals surface area contributed by atoms with Gasteiger partial charge in [-0.3, -0.25) is 4.79 Å². The standard InChI is InChI=1S/C19H24N2O5/c1-23-12-14-5-4-8-21(11-14)19(22)18-10-17(26-20-18)13-25-16-7-3-6-15(9-16)24-2/h3,6-7,9-10,14H,4-5,8,11-13H2,1-2H3/t14-/m1/s1. The van der Waals surface area contributed by atoms with E-state index in [0.717, 1.165) is 19.4 Å². The van der Waals surface area contributed by atoms with Gasteiger partial charge in [-0.05, 0) is 30.9 Å². The Labute approximate surface area is 152 Å². The Bertz CT molecular complexity index is 728. The molecule has 1 aromatic carbocycles. The monoisotopic (exact) mass is 360 g/mol. The molecule has 0 unspecified atom stereocenters. The molecule has 26 heavy (non-hydrogen) atoms. The maximum absolute atomic E-state index is 12.6. The van der Waals surface area contributed by atoms with Crippen molar-refractivity contribution in [2.24, 2.45) is 5.92 Å². The van der Waals surface area contributed by atoms with Gasteiger partial charge in [0, 0.05) is 32.3 Å². The lowest BCUT2D eigenvalue weighted by molar-refractivity contribution is 0.0561. The van der Waals surface area contributed by atoms with Crippen molar-refractivity contribution in [2.45, 2.75) is 19.4 Å². The number of likely N-dealkylation sites (tertiary alicyclic amines) is 1. The molecule has 7 heteroatoms. The van der Waals surface area contributed by atoms with Crippen LogP contribution < -0.4 is 9.47 Å². The second kappa shape index (κ2) is 8.71. The van der Waals surface area contributed by atoms with Crippen molar-refractivity contribution in [3.05, 3.63) is 41.8 Å². The number of nitrogens with zero attached hydrogens (tertiary/aromatic N) is 2. The summed E-state index contributed by atoms with van der Waals surface area (Å²) in [6.07, 6.45) is 2.06. The number of carbonyl (C=O) groups excluding carboxylic acids is 1. The van der Waals surface area contributed by atoms with Crippen molar-refractivity contribution in [3.63, 3.8) is 0 Å². The predicted molar refractivity (Wildman–Crippen MR) is 94.3 cm³/mol. The third kappa shape index (κ3) is 4.54. The number of ether oxygens (including phenoxy) is 3. The molecule has 2 aromatic rings. The lowest BCUT2D eigenvalue weighted by Crippen LogP contribution is -2.41. The molecule has 0 saturated carbocycles. The van der Waals surface area contributed by atoms with E-state index >= 15 is 0 Å². The van der Waals surface area contributed by atoms with E-state index in [2.05, 4.69) is 5.16 Å². The second-order valence-electron chi connectivity index (χ2n) is 6.36. The highest BCUT2D eigenvalue weighted by atomic mass is 16.5. The molecule has 0 bridgehead atoms. The highest BCUT2D eigenvalue weighted by Crippen LogP contribution is 2.21. The van der Waals surface area contributed by atoms with Crippen molar-refractivity contribution in [1.82, 2.24) is 10.1 Å². The van der Waals surface area contributed by atoms with Crippen LogP contribution >= 0.6 is 0 Å². The summed E-state index contributed by atoms with van der Waals surface area (Å²) in [7, 11) is 3.29. The van der Waals surface area contributed by atoms with Gasteiger partial charge in [0.2, 0.25) is 0 Å². The first-order valence-electron chi connectivity index (χ1n) is 8.70. The molecule has 7 nitrogen and oxygen atoms in total. The summed E-state index contributed by atoms with van der Waals surface area (Å²) in [4.78, 5) is 14.4. The summed E-state index contributed by atoms with van der Waals surface area (Å²) in [6.45, 7) is 2.29. The van der Waals surface area contributed by atoms with Crippen molar-refractivity contribution in [1.29, 1.82) is 0 Å². The number of amides is 1. The number of carbonyl (C=O) groups is 1. The minimum atomic E-state index is -0.109. The first-order chi connectivity index (χ1) is 12.7. The lowest BCUT2D eigenvalue weighted by Gasteiger charge is -2.31. The minimum absolute atomic E-state index is 0.109. The Hall–Kier alpha value is -2.54. The molecule has 140 valence electrons. The maximum atomic E-state index is 12.6. The van der Waals surface area contributed by atoms with E-state index in [9.17, 15) is 4.79 Å². The van der Waals surface area contributed by atoms with E-state index in [4.69, 9.17) is 18.7 Å². The molecule has 0 spiro atoms. The molecule has 1 aliphatic heterocycles. The van der Waals surface area contributed by atoms with Crippen LogP contribution in [0.4, 0.5) is 0 Å². The van der Waals surface area contributed by atoms with Gasteiger partial charge in [0.15, 0.2) is 11.5 Å². The fourth-order valence-corrected chi connectivity index (χ4v) is 3.11. The molecule has 1 amide bonds. The van der Waals surface area contributed by atoms with Gasteiger partial charge < -0.3 is 23.6 Å². The molecule has 0 N–H and O–H groups in total. The summed E-state index contributed by atoms with van der Waals surface area (Å²) in [6, 6.07) is 8.94. The number of rotatable bonds is 7. The molecule has 1 aliphatic rings. The number of benzene rings is 1. The Morgan fingerprint density at radius 2 is 2.15 bits per heavy atom. The Morgan fingerprint density at radius 3 is 2.96 bits per heavy atom. The Balaban J connectivity index is 1.57. The van der Waals surface area contributed by atoms with E-state index in [1.54, 1.807) is 26.4 Å². The van der Waals surface area contributed by atoms with E-state index in [1.807, 2.05) is 23.1 Å². The number of aromatic nitrogens is 1. The van der Waals surface area contributed by atoms with Crippen LogP contribution in [0.3, 0.4) is 0 Å². The van der Waals surface area contributed by atoms with Gasteiger partial charge in [-0.1, -0.05) is 11.2 Å². The fourth-order valence-electron chi connectivity index (χ4n) is 3.11. The van der Waals surface area contributed by atoms with Gasteiger partial charge in [0.05, 0.1) is 13.7 Å². The predicted octanol–water partition coefficient (Wildman–Crippen LogP) is 2.76. The fraction of sp³-hybridized carbons (Fsp3) is 0.474. The van der Waals surface area contributed by atoms with Crippen molar-refractivity contribution in [2.75, 3.05) is 33.9 Å². The molecule has 0 radical (unpaired) electrons. The Morgan fingerprint density at radius 1 is 1.31 bits per heavy atom. The van der Waals surface area contributed by atoms with Crippen molar-refractivity contribution in [3.8, 4) is 11.5 Å². The maximum Gasteiger partial charge on any atom is 0.276 e. The largest absolute Gasteiger partial charge is 0.497 e. The van der Waals surface area contributed by atoms with Gasteiger partial charge in [0.1, 0.15) is 18.1 Å². The first-order valence-corrected chi connectivity index (χ1v) is 8.70. The van der Waals surface area contributed by atoms with Crippen LogP contribution in [0.1, 0.15) is 29.1 Å². The van der Waals surface area contributed by atoms with E-state index in [0.29, 0.717) is 42.0 Å². The molecular formula is C19H24N2O5. The van der Waals surface area contributed by atoms with Crippen LogP contribution in [0.2, 0.25) is 0 Å². The number of hydrogen-bond donors (Lipinski definition) is 0. The molecule has 0 aliphatic carbocycles. The van der Waals surface area contributed by atoms with Crippen molar-refractivity contribution < 1.29 is 23.5 Å². The molecular weight excluding hydrogens is 336 g/mol. The van der Waals surface area contributed by atoms with Gasteiger partial charge in [-0.25, -0.2) is 0 Å². The minimum Gasteiger partial charge on any atom is -0.497 e. The molecule has 1 atom stereocenters. The SMILES string of the molecule is COC[C@@H]1CCCN(C(=O)c2cc(COc3cccc(OC)c3)on2)C1. The van der Waals surface area contributed by atoms with E-state index in [1.165, 1.54) is 0 Å². The Kier molecular flexibility index (Phi) is 6.12. The van der Waals surface area contributed by atoms with E-state index < -0.39 is 0 Å².